The maximum absolute atomic E-state index is 2.39. The number of hydrogen-bond acceptors (Lipinski definition) is 0. The smallest absolute Gasteiger partial charge is 0.0541 e. The predicted octanol–water partition coefficient (Wildman–Crippen LogP) is 8.76. The van der Waals surface area contributed by atoms with Crippen molar-refractivity contribution in [3.05, 3.63) is 127 Å². The number of aromatic nitrogens is 1. The average Bonchev–Trinajstić information content (AvgIpc) is 3.23. The molecule has 0 unspecified atom stereocenters. The van der Waals surface area contributed by atoms with Crippen molar-refractivity contribution in [3.8, 4) is 16.8 Å². The van der Waals surface area contributed by atoms with Crippen LogP contribution in [-0.2, 0) is 0 Å². The summed E-state index contributed by atoms with van der Waals surface area (Å²) in [6.07, 6.45) is 0. The highest BCUT2D eigenvalue weighted by Crippen LogP contribution is 2.37. The number of benzene rings is 6. The monoisotopic (exact) mass is 419 g/mol. The topological polar surface area (TPSA) is 4.93 Å². The van der Waals surface area contributed by atoms with Gasteiger partial charge in [0.1, 0.15) is 0 Å². The molecule has 0 spiro atoms. The van der Waals surface area contributed by atoms with Crippen LogP contribution in [0.2, 0.25) is 0 Å². The molecule has 1 aromatic heterocycles. The first-order valence-corrected chi connectivity index (χ1v) is 11.4. The van der Waals surface area contributed by atoms with E-state index in [0.717, 1.165) is 0 Å². The van der Waals surface area contributed by atoms with E-state index in [4.69, 9.17) is 0 Å². The van der Waals surface area contributed by atoms with Gasteiger partial charge < -0.3 is 4.57 Å². The van der Waals surface area contributed by atoms with Gasteiger partial charge in [0, 0.05) is 16.5 Å². The van der Waals surface area contributed by atoms with Crippen molar-refractivity contribution in [2.75, 3.05) is 0 Å². The molecule has 0 fully saturated rings. The van der Waals surface area contributed by atoms with Crippen molar-refractivity contribution in [2.24, 2.45) is 0 Å². The lowest BCUT2D eigenvalue weighted by Gasteiger charge is -2.13. The van der Waals surface area contributed by atoms with Gasteiger partial charge in [0.2, 0.25) is 0 Å². The van der Waals surface area contributed by atoms with E-state index < -0.39 is 0 Å². The Morgan fingerprint density at radius 2 is 0.970 bits per heavy atom. The van der Waals surface area contributed by atoms with Crippen LogP contribution >= 0.6 is 0 Å². The van der Waals surface area contributed by atoms with Crippen molar-refractivity contribution < 1.29 is 0 Å². The zero-order valence-corrected chi connectivity index (χ0v) is 18.1. The summed E-state index contributed by atoms with van der Waals surface area (Å²) in [5.41, 5.74) is 6.16. The second-order valence-corrected chi connectivity index (χ2v) is 8.61. The molecule has 7 rings (SSSR count). The molecule has 0 radical (unpaired) electrons. The van der Waals surface area contributed by atoms with E-state index in [2.05, 4.69) is 132 Å². The highest BCUT2D eigenvalue weighted by molar-refractivity contribution is 6.14. The summed E-state index contributed by atoms with van der Waals surface area (Å²) in [6, 6.07) is 46.1. The van der Waals surface area contributed by atoms with Gasteiger partial charge in [-0.1, -0.05) is 97.1 Å². The molecule has 0 amide bonds. The minimum atomic E-state index is 1.18. The highest BCUT2D eigenvalue weighted by Gasteiger charge is 2.13. The molecule has 1 heteroatoms. The minimum absolute atomic E-state index is 1.18. The van der Waals surface area contributed by atoms with Crippen LogP contribution in [0.3, 0.4) is 0 Å². The van der Waals surface area contributed by atoms with E-state index in [-0.39, 0.29) is 0 Å². The second-order valence-electron chi connectivity index (χ2n) is 8.61. The maximum Gasteiger partial charge on any atom is 0.0541 e. The van der Waals surface area contributed by atoms with Gasteiger partial charge in [0.25, 0.3) is 0 Å². The molecule has 1 nitrogen and oxygen atoms in total. The van der Waals surface area contributed by atoms with Gasteiger partial charge in [-0.2, -0.15) is 0 Å². The molecule has 6 aromatic carbocycles. The van der Waals surface area contributed by atoms with Crippen LogP contribution in [0.1, 0.15) is 0 Å². The Bertz CT molecular complexity index is 1770. The van der Waals surface area contributed by atoms with Crippen LogP contribution in [0.15, 0.2) is 127 Å². The SMILES string of the molecule is c1cc(-c2cc3ccccc3c3ccccc23)cc(-n2c3ccccc3c3ccccc32)c1. The van der Waals surface area contributed by atoms with Crippen LogP contribution < -0.4 is 0 Å². The molecular weight excluding hydrogens is 398 g/mol. The number of fused-ring (bicyclic) bond motifs is 6. The van der Waals surface area contributed by atoms with Gasteiger partial charge in [-0.15, -0.1) is 0 Å². The Kier molecular flexibility index (Phi) is 3.91. The molecule has 0 saturated carbocycles. The third kappa shape index (κ3) is 2.73. The van der Waals surface area contributed by atoms with E-state index in [1.165, 1.54) is 60.2 Å². The van der Waals surface area contributed by atoms with Crippen molar-refractivity contribution in [1.29, 1.82) is 0 Å². The molecule has 0 atom stereocenters. The second kappa shape index (κ2) is 7.08. The third-order valence-electron chi connectivity index (χ3n) is 6.76. The van der Waals surface area contributed by atoms with E-state index in [1.807, 2.05) is 0 Å². The minimum Gasteiger partial charge on any atom is -0.309 e. The summed E-state index contributed by atoms with van der Waals surface area (Å²) in [5.74, 6) is 0. The molecule has 0 bridgehead atoms. The number of rotatable bonds is 2. The lowest BCUT2D eigenvalue weighted by atomic mass is 9.93. The molecule has 33 heavy (non-hydrogen) atoms. The largest absolute Gasteiger partial charge is 0.309 e. The Morgan fingerprint density at radius 1 is 0.394 bits per heavy atom. The number of hydrogen-bond donors (Lipinski definition) is 0. The summed E-state index contributed by atoms with van der Waals surface area (Å²) >= 11 is 0. The lowest BCUT2D eigenvalue weighted by molar-refractivity contribution is 1.18. The molecule has 7 aromatic rings. The van der Waals surface area contributed by atoms with Crippen LogP contribution in [0, 0.1) is 0 Å². The standard InChI is InChI=1S/C32H21N/c1-2-13-25-23(10-1)21-30(27-15-4-3-14-26(25)27)22-11-9-12-24(20-22)33-31-18-7-5-16-28(31)29-17-6-8-19-32(29)33/h1-21H. The maximum atomic E-state index is 2.39. The van der Waals surface area contributed by atoms with E-state index in [0.29, 0.717) is 0 Å². The Labute approximate surface area is 192 Å². The third-order valence-corrected chi connectivity index (χ3v) is 6.76. The number of para-hydroxylation sites is 2. The molecule has 0 N–H and O–H groups in total. The van der Waals surface area contributed by atoms with Crippen molar-refractivity contribution in [2.45, 2.75) is 0 Å². The molecule has 0 aliphatic heterocycles. The fraction of sp³-hybridized carbons (Fsp3) is 0. The normalized spacial score (nSPS) is 11.6. The zero-order chi connectivity index (χ0) is 21.8. The first-order chi connectivity index (χ1) is 16.4. The molecular formula is C32H21N. The summed E-state index contributed by atoms with van der Waals surface area (Å²) < 4.78 is 2.39. The van der Waals surface area contributed by atoms with Crippen LogP contribution in [0.4, 0.5) is 0 Å². The fourth-order valence-corrected chi connectivity index (χ4v) is 5.31. The van der Waals surface area contributed by atoms with E-state index in [1.54, 1.807) is 0 Å². The molecule has 0 aliphatic carbocycles. The van der Waals surface area contributed by atoms with Crippen molar-refractivity contribution in [1.82, 2.24) is 4.57 Å². The lowest BCUT2D eigenvalue weighted by Crippen LogP contribution is -1.94. The first kappa shape index (κ1) is 18.2. The van der Waals surface area contributed by atoms with Gasteiger partial charge in [-0.05, 0) is 63.0 Å². The van der Waals surface area contributed by atoms with E-state index >= 15 is 0 Å². The summed E-state index contributed by atoms with van der Waals surface area (Å²) in [7, 11) is 0. The number of nitrogens with zero attached hydrogens (tertiary/aromatic N) is 1. The Hall–Kier alpha value is -4.36. The zero-order valence-electron chi connectivity index (χ0n) is 18.1. The van der Waals surface area contributed by atoms with Crippen LogP contribution in [0.25, 0.3) is 60.2 Å². The summed E-state index contributed by atoms with van der Waals surface area (Å²) in [6.45, 7) is 0. The fourth-order valence-electron chi connectivity index (χ4n) is 5.31. The first-order valence-electron chi connectivity index (χ1n) is 11.4. The Balaban J connectivity index is 1.53. The molecule has 1 heterocycles. The highest BCUT2D eigenvalue weighted by atomic mass is 15.0. The summed E-state index contributed by atoms with van der Waals surface area (Å²) in [5, 5.41) is 7.73. The summed E-state index contributed by atoms with van der Waals surface area (Å²) in [4.78, 5) is 0. The van der Waals surface area contributed by atoms with E-state index in [9.17, 15) is 0 Å². The predicted molar refractivity (Wildman–Crippen MR) is 141 cm³/mol. The molecule has 0 saturated heterocycles. The Morgan fingerprint density at radius 3 is 1.70 bits per heavy atom. The van der Waals surface area contributed by atoms with Crippen LogP contribution in [0.5, 0.6) is 0 Å². The van der Waals surface area contributed by atoms with Gasteiger partial charge in [-0.3, -0.25) is 0 Å². The average molecular weight is 420 g/mol. The van der Waals surface area contributed by atoms with Gasteiger partial charge in [-0.25, -0.2) is 0 Å². The van der Waals surface area contributed by atoms with Gasteiger partial charge in [0.05, 0.1) is 11.0 Å². The van der Waals surface area contributed by atoms with Gasteiger partial charge >= 0.3 is 0 Å². The van der Waals surface area contributed by atoms with Gasteiger partial charge in [0.15, 0.2) is 0 Å². The molecule has 154 valence electrons. The van der Waals surface area contributed by atoms with Crippen molar-refractivity contribution in [3.63, 3.8) is 0 Å². The molecule has 0 aliphatic rings. The van der Waals surface area contributed by atoms with Crippen molar-refractivity contribution >= 4 is 43.4 Å². The quantitative estimate of drug-likeness (QED) is 0.247. The van der Waals surface area contributed by atoms with Crippen LogP contribution in [-0.4, -0.2) is 4.57 Å².